The molecular formula is C8H14N2O3S2. The van der Waals surface area contributed by atoms with Gasteiger partial charge in [0.25, 0.3) is 0 Å². The zero-order valence-electron chi connectivity index (χ0n) is 8.39. The number of ether oxygens (including phenoxy) is 1. The van der Waals surface area contributed by atoms with Crippen LogP contribution in [0.5, 0.6) is 0 Å². The van der Waals surface area contributed by atoms with Gasteiger partial charge in [-0.2, -0.15) is 0 Å². The quantitative estimate of drug-likeness (QED) is 0.726. The van der Waals surface area contributed by atoms with E-state index in [0.29, 0.717) is 18.9 Å². The maximum absolute atomic E-state index is 11.6. The van der Waals surface area contributed by atoms with Crippen LogP contribution < -0.4 is 10.5 Å². The number of anilines is 1. The van der Waals surface area contributed by atoms with Gasteiger partial charge in [0.05, 0.1) is 6.61 Å². The smallest absolute Gasteiger partial charge is 0.250 e. The van der Waals surface area contributed by atoms with Gasteiger partial charge in [-0.1, -0.05) is 0 Å². The van der Waals surface area contributed by atoms with Gasteiger partial charge in [0.15, 0.2) is 0 Å². The maximum atomic E-state index is 11.6. The van der Waals surface area contributed by atoms with Gasteiger partial charge in [-0.15, -0.1) is 11.3 Å². The molecule has 86 valence electrons. The van der Waals surface area contributed by atoms with Gasteiger partial charge in [0.1, 0.15) is 4.21 Å². The number of sulfonamides is 1. The van der Waals surface area contributed by atoms with Crippen LogP contribution >= 0.6 is 11.3 Å². The Kier molecular flexibility index (Phi) is 4.52. The predicted octanol–water partition coefficient (Wildman–Crippen LogP) is 0.645. The lowest BCUT2D eigenvalue weighted by atomic mass is 10.6. The summed E-state index contributed by atoms with van der Waals surface area (Å²) in [5, 5.41) is 1.59. The second kappa shape index (κ2) is 5.45. The van der Waals surface area contributed by atoms with Crippen LogP contribution in [0.3, 0.4) is 0 Å². The van der Waals surface area contributed by atoms with Gasteiger partial charge in [-0.3, -0.25) is 0 Å². The highest BCUT2D eigenvalue weighted by atomic mass is 32.2. The van der Waals surface area contributed by atoms with Crippen LogP contribution in [0.15, 0.2) is 15.7 Å². The fraction of sp³-hybridized carbons (Fsp3) is 0.500. The second-order valence-electron chi connectivity index (χ2n) is 2.79. The lowest BCUT2D eigenvalue weighted by Crippen LogP contribution is -2.26. The molecule has 0 saturated heterocycles. The fourth-order valence-corrected chi connectivity index (χ4v) is 3.07. The molecule has 0 amide bonds. The Morgan fingerprint density at radius 2 is 2.33 bits per heavy atom. The minimum Gasteiger partial charge on any atom is -0.398 e. The largest absolute Gasteiger partial charge is 0.398 e. The molecule has 0 aliphatic carbocycles. The van der Waals surface area contributed by atoms with Crippen molar-refractivity contribution < 1.29 is 13.2 Å². The van der Waals surface area contributed by atoms with E-state index < -0.39 is 10.0 Å². The number of nitrogens with one attached hydrogen (secondary N) is 1. The summed E-state index contributed by atoms with van der Waals surface area (Å²) in [6.07, 6.45) is 0. The molecule has 0 bridgehead atoms. The first-order chi connectivity index (χ1) is 7.06. The number of hydrogen-bond donors (Lipinski definition) is 2. The molecule has 0 radical (unpaired) electrons. The summed E-state index contributed by atoms with van der Waals surface area (Å²) in [4.78, 5) is 0. The van der Waals surface area contributed by atoms with Crippen molar-refractivity contribution in [3.63, 3.8) is 0 Å². The third kappa shape index (κ3) is 3.78. The molecule has 0 aliphatic heterocycles. The Morgan fingerprint density at radius 3 is 2.87 bits per heavy atom. The van der Waals surface area contributed by atoms with E-state index in [4.69, 9.17) is 10.5 Å². The van der Waals surface area contributed by atoms with Crippen molar-refractivity contribution >= 4 is 27.0 Å². The van der Waals surface area contributed by atoms with Crippen LogP contribution in [0, 0.1) is 0 Å². The van der Waals surface area contributed by atoms with Crippen LogP contribution in [0.25, 0.3) is 0 Å². The van der Waals surface area contributed by atoms with Gasteiger partial charge < -0.3 is 10.5 Å². The molecule has 0 unspecified atom stereocenters. The van der Waals surface area contributed by atoms with Crippen LogP contribution in [-0.2, 0) is 14.8 Å². The van der Waals surface area contributed by atoms with E-state index in [1.807, 2.05) is 6.92 Å². The minimum absolute atomic E-state index is 0.233. The Morgan fingerprint density at radius 1 is 1.60 bits per heavy atom. The van der Waals surface area contributed by atoms with Crippen molar-refractivity contribution in [2.75, 3.05) is 25.5 Å². The number of thiophene rings is 1. The van der Waals surface area contributed by atoms with E-state index in [0.717, 1.165) is 11.3 Å². The molecule has 0 aromatic carbocycles. The third-order valence-corrected chi connectivity index (χ3v) is 4.52. The van der Waals surface area contributed by atoms with E-state index in [1.165, 1.54) is 6.07 Å². The molecule has 0 spiro atoms. The van der Waals surface area contributed by atoms with Gasteiger partial charge in [0.2, 0.25) is 10.0 Å². The standard InChI is InChI=1S/C8H14N2O3S2/c1-2-13-4-3-10-15(11,12)8-5-7(9)6-14-8/h5-6,10H,2-4,9H2,1H3. The highest BCUT2D eigenvalue weighted by Gasteiger charge is 2.15. The topological polar surface area (TPSA) is 81.4 Å². The molecular weight excluding hydrogens is 236 g/mol. The first-order valence-corrected chi connectivity index (χ1v) is 6.84. The summed E-state index contributed by atoms with van der Waals surface area (Å²) >= 11 is 1.10. The molecule has 3 N–H and O–H groups in total. The Bertz CT molecular complexity index is 400. The van der Waals surface area contributed by atoms with Crippen molar-refractivity contribution in [2.24, 2.45) is 0 Å². The third-order valence-electron chi connectivity index (χ3n) is 1.60. The lowest BCUT2D eigenvalue weighted by molar-refractivity contribution is 0.153. The molecule has 0 saturated carbocycles. The van der Waals surface area contributed by atoms with E-state index in [9.17, 15) is 8.42 Å². The molecule has 0 atom stereocenters. The average molecular weight is 250 g/mol. The molecule has 0 fully saturated rings. The molecule has 0 aliphatic rings. The SMILES string of the molecule is CCOCCNS(=O)(=O)c1cc(N)cs1. The van der Waals surface area contributed by atoms with Gasteiger partial charge >= 0.3 is 0 Å². The number of nitrogen functional groups attached to an aromatic ring is 1. The van der Waals surface area contributed by atoms with Gasteiger partial charge in [-0.25, -0.2) is 13.1 Å². The number of hydrogen-bond acceptors (Lipinski definition) is 5. The molecule has 1 heterocycles. The minimum atomic E-state index is -3.41. The van der Waals surface area contributed by atoms with Crippen molar-refractivity contribution in [2.45, 2.75) is 11.1 Å². The summed E-state index contributed by atoms with van der Waals surface area (Å²) in [5.41, 5.74) is 5.91. The Hall–Kier alpha value is -0.630. The van der Waals surface area contributed by atoms with Crippen molar-refractivity contribution in [3.05, 3.63) is 11.4 Å². The second-order valence-corrected chi connectivity index (χ2v) is 5.70. The van der Waals surface area contributed by atoms with Crippen molar-refractivity contribution in [1.82, 2.24) is 4.72 Å². The van der Waals surface area contributed by atoms with E-state index >= 15 is 0 Å². The molecule has 1 aromatic rings. The van der Waals surface area contributed by atoms with Crippen LogP contribution in [-0.4, -0.2) is 28.2 Å². The van der Waals surface area contributed by atoms with E-state index in [-0.39, 0.29) is 10.8 Å². The van der Waals surface area contributed by atoms with E-state index in [2.05, 4.69) is 4.72 Å². The predicted molar refractivity (Wildman–Crippen MR) is 60.4 cm³/mol. The van der Waals surface area contributed by atoms with Gasteiger partial charge in [0, 0.05) is 24.2 Å². The zero-order chi connectivity index (χ0) is 11.3. The monoisotopic (exact) mass is 250 g/mol. The summed E-state index contributed by atoms with van der Waals surface area (Å²) in [6.45, 7) is 3.08. The Balaban J connectivity index is 2.53. The first-order valence-electron chi connectivity index (χ1n) is 4.47. The van der Waals surface area contributed by atoms with Crippen molar-refractivity contribution in [1.29, 1.82) is 0 Å². The van der Waals surface area contributed by atoms with Crippen LogP contribution in [0.2, 0.25) is 0 Å². The van der Waals surface area contributed by atoms with Gasteiger partial charge in [-0.05, 0) is 13.0 Å². The van der Waals surface area contributed by atoms with E-state index in [1.54, 1.807) is 5.38 Å². The molecule has 1 aromatic heterocycles. The Labute approximate surface area is 93.3 Å². The lowest BCUT2D eigenvalue weighted by Gasteiger charge is -2.04. The summed E-state index contributed by atoms with van der Waals surface area (Å²) in [5.74, 6) is 0. The molecule has 1 rings (SSSR count). The zero-order valence-corrected chi connectivity index (χ0v) is 10.0. The summed E-state index contributed by atoms with van der Waals surface area (Å²) < 4.78 is 30.9. The summed E-state index contributed by atoms with van der Waals surface area (Å²) in [6, 6.07) is 1.44. The normalized spacial score (nSPS) is 11.8. The fourth-order valence-electron chi connectivity index (χ4n) is 0.935. The van der Waals surface area contributed by atoms with Crippen LogP contribution in [0.1, 0.15) is 6.92 Å². The molecule has 15 heavy (non-hydrogen) atoms. The average Bonchev–Trinajstić information content (AvgIpc) is 2.60. The highest BCUT2D eigenvalue weighted by Crippen LogP contribution is 2.20. The van der Waals surface area contributed by atoms with Crippen LogP contribution in [0.4, 0.5) is 5.69 Å². The molecule has 5 nitrogen and oxygen atoms in total. The highest BCUT2D eigenvalue weighted by molar-refractivity contribution is 7.91. The number of rotatable bonds is 6. The molecule has 7 heteroatoms. The maximum Gasteiger partial charge on any atom is 0.250 e. The number of nitrogens with two attached hydrogens (primary N) is 1. The van der Waals surface area contributed by atoms with Crippen molar-refractivity contribution in [3.8, 4) is 0 Å². The first kappa shape index (κ1) is 12.4. The summed E-state index contributed by atoms with van der Waals surface area (Å²) in [7, 11) is -3.41.